The summed E-state index contributed by atoms with van der Waals surface area (Å²) in [6, 6.07) is 18.1. The SMILES string of the molecule is COc1ccc(CN2[C@@H]3c4ccccc4C4=NN(c5ccc(C(F)(F)F)cc5)C(=O)[C@@]42[C@@H]2C(=O)NC(=O)[C@H]32)cc1. The second-order valence-corrected chi connectivity index (χ2v) is 10.2. The van der Waals surface area contributed by atoms with Crippen LogP contribution in [0.25, 0.3) is 0 Å². The van der Waals surface area contributed by atoms with Gasteiger partial charge in [0.25, 0.3) is 5.91 Å². The Bertz CT molecular complexity index is 1620. The minimum absolute atomic E-state index is 0.126. The first kappa shape index (κ1) is 24.5. The zero-order valence-electron chi connectivity index (χ0n) is 21.0. The normalized spacial score (nSPS) is 26.8. The molecule has 4 aliphatic rings. The molecule has 1 N–H and O–H groups in total. The van der Waals surface area contributed by atoms with Crippen LogP contribution in [0, 0.1) is 11.8 Å². The van der Waals surface area contributed by atoms with Gasteiger partial charge in [-0.3, -0.25) is 24.6 Å². The minimum Gasteiger partial charge on any atom is -0.497 e. The van der Waals surface area contributed by atoms with Crippen molar-refractivity contribution in [2.75, 3.05) is 12.1 Å². The van der Waals surface area contributed by atoms with E-state index in [1.807, 2.05) is 29.2 Å². The second-order valence-electron chi connectivity index (χ2n) is 10.2. The summed E-state index contributed by atoms with van der Waals surface area (Å²) in [5.74, 6) is -2.90. The van der Waals surface area contributed by atoms with E-state index in [4.69, 9.17) is 4.74 Å². The lowest BCUT2D eigenvalue weighted by atomic mass is 9.75. The van der Waals surface area contributed by atoms with Gasteiger partial charge in [-0.05, 0) is 47.5 Å². The maximum atomic E-state index is 14.5. The molecular weight excluding hydrogens is 525 g/mol. The fourth-order valence-corrected chi connectivity index (χ4v) is 6.70. The average molecular weight is 547 g/mol. The summed E-state index contributed by atoms with van der Waals surface area (Å²) in [4.78, 5) is 43.0. The molecule has 0 radical (unpaired) electrons. The predicted molar refractivity (Wildman–Crippen MR) is 136 cm³/mol. The third-order valence-corrected chi connectivity index (χ3v) is 8.33. The number of nitrogens with zero attached hydrogens (tertiary/aromatic N) is 3. The summed E-state index contributed by atoms with van der Waals surface area (Å²) in [6.07, 6.45) is -4.55. The van der Waals surface area contributed by atoms with Crippen molar-refractivity contribution in [3.63, 3.8) is 0 Å². The number of hydrazone groups is 1. The van der Waals surface area contributed by atoms with Gasteiger partial charge in [0.1, 0.15) is 5.75 Å². The highest BCUT2D eigenvalue weighted by Crippen LogP contribution is 2.61. The highest BCUT2D eigenvalue weighted by molar-refractivity contribution is 6.33. The molecule has 1 spiro atoms. The molecule has 3 aromatic rings. The first-order chi connectivity index (χ1) is 19.2. The third-order valence-electron chi connectivity index (χ3n) is 8.33. The summed E-state index contributed by atoms with van der Waals surface area (Å²) < 4.78 is 45.0. The molecular formula is C29H21F3N4O4. The molecule has 202 valence electrons. The number of fused-ring (bicyclic) bond motifs is 6. The second kappa shape index (κ2) is 8.25. The molecule has 11 heteroatoms. The average Bonchev–Trinajstić information content (AvgIpc) is 3.50. The molecule has 0 unspecified atom stereocenters. The van der Waals surface area contributed by atoms with E-state index in [1.54, 1.807) is 31.4 Å². The number of benzene rings is 3. The van der Waals surface area contributed by atoms with Crippen molar-refractivity contribution in [2.45, 2.75) is 24.3 Å². The highest BCUT2D eigenvalue weighted by atomic mass is 19.4. The number of nitrogens with one attached hydrogen (secondary N) is 1. The van der Waals surface area contributed by atoms with E-state index in [0.717, 1.165) is 28.3 Å². The van der Waals surface area contributed by atoms with Crippen molar-refractivity contribution < 1.29 is 32.3 Å². The lowest BCUT2D eigenvalue weighted by Gasteiger charge is -2.43. The summed E-state index contributed by atoms with van der Waals surface area (Å²) in [6.45, 7) is 0.210. The summed E-state index contributed by atoms with van der Waals surface area (Å²) in [5, 5.41) is 8.15. The van der Waals surface area contributed by atoms with Crippen LogP contribution in [0.1, 0.15) is 28.3 Å². The molecule has 7 rings (SSSR count). The Morgan fingerprint density at radius 1 is 0.950 bits per heavy atom. The molecule has 0 saturated carbocycles. The van der Waals surface area contributed by atoms with Gasteiger partial charge < -0.3 is 4.74 Å². The minimum atomic E-state index is -4.55. The van der Waals surface area contributed by atoms with E-state index in [9.17, 15) is 27.6 Å². The predicted octanol–water partition coefficient (Wildman–Crippen LogP) is 3.66. The molecule has 3 aromatic carbocycles. The van der Waals surface area contributed by atoms with Crippen LogP contribution in [-0.2, 0) is 27.1 Å². The van der Waals surface area contributed by atoms with Crippen LogP contribution < -0.4 is 15.1 Å². The number of hydrogen-bond acceptors (Lipinski definition) is 6. The van der Waals surface area contributed by atoms with Crippen LogP contribution in [0.4, 0.5) is 18.9 Å². The molecule has 2 saturated heterocycles. The number of carbonyl (C=O) groups is 3. The molecule has 0 aliphatic carbocycles. The van der Waals surface area contributed by atoms with Crippen LogP contribution in [0.5, 0.6) is 5.75 Å². The van der Waals surface area contributed by atoms with E-state index in [2.05, 4.69) is 10.4 Å². The number of amides is 3. The Morgan fingerprint density at radius 3 is 2.33 bits per heavy atom. The van der Waals surface area contributed by atoms with Crippen molar-refractivity contribution in [1.29, 1.82) is 0 Å². The van der Waals surface area contributed by atoms with Gasteiger partial charge in [0, 0.05) is 18.2 Å². The van der Waals surface area contributed by atoms with E-state index < -0.39 is 52.9 Å². The Kier molecular flexibility index (Phi) is 5.06. The van der Waals surface area contributed by atoms with Gasteiger partial charge in [-0.2, -0.15) is 23.3 Å². The number of alkyl halides is 3. The molecule has 8 nitrogen and oxygen atoms in total. The molecule has 4 heterocycles. The number of rotatable bonds is 4. The fourth-order valence-electron chi connectivity index (χ4n) is 6.70. The van der Waals surface area contributed by atoms with Gasteiger partial charge in [-0.25, -0.2) is 0 Å². The fraction of sp³-hybridized carbons (Fsp3) is 0.241. The first-order valence-electron chi connectivity index (χ1n) is 12.6. The Labute approximate surface area is 226 Å². The van der Waals surface area contributed by atoms with Crippen molar-refractivity contribution >= 4 is 29.1 Å². The zero-order valence-corrected chi connectivity index (χ0v) is 21.0. The van der Waals surface area contributed by atoms with Gasteiger partial charge in [-0.1, -0.05) is 36.4 Å². The lowest BCUT2D eigenvalue weighted by Crippen LogP contribution is -2.63. The van der Waals surface area contributed by atoms with Crippen molar-refractivity contribution in [1.82, 2.24) is 10.2 Å². The van der Waals surface area contributed by atoms with E-state index in [0.29, 0.717) is 17.0 Å². The van der Waals surface area contributed by atoms with Gasteiger partial charge >= 0.3 is 6.18 Å². The number of halogens is 3. The van der Waals surface area contributed by atoms with E-state index in [1.165, 1.54) is 12.1 Å². The smallest absolute Gasteiger partial charge is 0.416 e. The topological polar surface area (TPSA) is 91.3 Å². The molecule has 2 bridgehead atoms. The van der Waals surface area contributed by atoms with Crippen LogP contribution in [-0.4, -0.2) is 41.0 Å². The monoisotopic (exact) mass is 546 g/mol. The molecule has 4 aliphatic heterocycles. The highest BCUT2D eigenvalue weighted by Gasteiger charge is 2.77. The number of ether oxygens (including phenoxy) is 1. The number of methoxy groups -OCH3 is 1. The van der Waals surface area contributed by atoms with Gasteiger partial charge in [-0.15, -0.1) is 0 Å². The molecule has 40 heavy (non-hydrogen) atoms. The third kappa shape index (κ3) is 3.12. The van der Waals surface area contributed by atoms with Crippen LogP contribution >= 0.6 is 0 Å². The summed E-state index contributed by atoms with van der Waals surface area (Å²) in [7, 11) is 1.55. The largest absolute Gasteiger partial charge is 0.497 e. The standard InChI is InChI=1S/C29H21F3N4O4/c1-40-18-12-6-15(7-13-18)14-35-23-19-4-2-3-5-20(19)24-28(35,22-21(23)25(37)33-26(22)38)27(39)36(34-24)17-10-8-16(9-11-17)29(30,31)32/h2-13,21-23H,14H2,1H3,(H,33,37,38)/t21-,22-,23+,28+/m0/s1. The van der Waals surface area contributed by atoms with Gasteiger partial charge in [0.15, 0.2) is 5.54 Å². The van der Waals surface area contributed by atoms with E-state index >= 15 is 0 Å². The lowest BCUT2D eigenvalue weighted by molar-refractivity contribution is -0.137. The maximum Gasteiger partial charge on any atom is 0.416 e. The molecule has 0 aromatic heterocycles. The Hall–Kier alpha value is -4.51. The molecule has 3 amide bonds. The zero-order chi connectivity index (χ0) is 28.0. The number of hydrogen-bond donors (Lipinski definition) is 1. The van der Waals surface area contributed by atoms with Crippen molar-refractivity contribution in [2.24, 2.45) is 16.9 Å². The Morgan fingerprint density at radius 2 is 1.65 bits per heavy atom. The number of imide groups is 1. The maximum absolute atomic E-state index is 14.5. The van der Waals surface area contributed by atoms with Crippen molar-refractivity contribution in [3.05, 3.63) is 95.1 Å². The Balaban J connectivity index is 1.43. The van der Waals surface area contributed by atoms with Gasteiger partial charge in [0.2, 0.25) is 11.8 Å². The van der Waals surface area contributed by atoms with Crippen LogP contribution in [0.2, 0.25) is 0 Å². The quantitative estimate of drug-likeness (QED) is 0.505. The van der Waals surface area contributed by atoms with Crippen molar-refractivity contribution in [3.8, 4) is 5.75 Å². The molecule has 2 fully saturated rings. The number of carbonyl (C=O) groups excluding carboxylic acids is 3. The van der Waals surface area contributed by atoms with Crippen LogP contribution in [0.15, 0.2) is 77.9 Å². The molecule has 4 atom stereocenters. The van der Waals surface area contributed by atoms with E-state index in [-0.39, 0.29) is 12.2 Å². The van der Waals surface area contributed by atoms with Gasteiger partial charge in [0.05, 0.1) is 35.9 Å². The summed E-state index contributed by atoms with van der Waals surface area (Å²) >= 11 is 0. The number of anilines is 1. The van der Waals surface area contributed by atoms with Crippen LogP contribution in [0.3, 0.4) is 0 Å². The summed E-state index contributed by atoms with van der Waals surface area (Å²) in [5.41, 5.74) is 0.136. The first-order valence-corrected chi connectivity index (χ1v) is 12.6.